The van der Waals surface area contributed by atoms with Gasteiger partial charge in [0.1, 0.15) is 11.6 Å². The van der Waals surface area contributed by atoms with Crippen LogP contribution in [-0.2, 0) is 4.79 Å². The smallest absolute Gasteiger partial charge is 0.227 e. The van der Waals surface area contributed by atoms with E-state index in [1.807, 2.05) is 0 Å². The zero-order chi connectivity index (χ0) is 11.7. The average Bonchev–Trinajstić information content (AvgIpc) is 2.60. The zero-order valence-corrected chi connectivity index (χ0v) is 10.0. The Morgan fingerprint density at radius 1 is 1.44 bits per heavy atom. The molecule has 86 valence electrons. The highest BCUT2D eigenvalue weighted by molar-refractivity contribution is 9.09. The molecule has 0 aromatic heterocycles. The molecule has 1 unspecified atom stereocenters. The Labute approximate surface area is 100 Å². The summed E-state index contributed by atoms with van der Waals surface area (Å²) >= 11 is 3.30. The van der Waals surface area contributed by atoms with Gasteiger partial charge >= 0.3 is 0 Å². The van der Waals surface area contributed by atoms with Gasteiger partial charge in [0.25, 0.3) is 0 Å². The van der Waals surface area contributed by atoms with Crippen molar-refractivity contribution in [3.8, 4) is 0 Å². The Morgan fingerprint density at radius 2 is 2.19 bits per heavy atom. The molecule has 0 radical (unpaired) electrons. The Bertz CT molecular complexity index is 424. The number of hydrogen-bond acceptors (Lipinski definition) is 1. The van der Waals surface area contributed by atoms with Gasteiger partial charge in [-0.25, -0.2) is 8.78 Å². The molecule has 1 saturated heterocycles. The summed E-state index contributed by atoms with van der Waals surface area (Å²) in [5, 5.41) is 0.706. The van der Waals surface area contributed by atoms with E-state index in [1.54, 1.807) is 0 Å². The van der Waals surface area contributed by atoms with E-state index in [2.05, 4.69) is 15.9 Å². The van der Waals surface area contributed by atoms with E-state index in [4.69, 9.17) is 0 Å². The minimum absolute atomic E-state index is 0.116. The van der Waals surface area contributed by atoms with Gasteiger partial charge in [0.05, 0.1) is 5.69 Å². The van der Waals surface area contributed by atoms with Crippen molar-refractivity contribution in [3.05, 3.63) is 29.8 Å². The lowest BCUT2D eigenvalue weighted by atomic mass is 10.2. The van der Waals surface area contributed by atoms with Crippen molar-refractivity contribution in [2.24, 2.45) is 5.92 Å². The number of amides is 1. The second-order valence-corrected chi connectivity index (χ2v) is 4.47. The number of anilines is 1. The maximum atomic E-state index is 13.5. The van der Waals surface area contributed by atoms with Crippen LogP contribution in [0.1, 0.15) is 6.42 Å². The minimum atomic E-state index is -0.691. The molecule has 1 fully saturated rings. The Kier molecular flexibility index (Phi) is 3.23. The second-order valence-electron chi connectivity index (χ2n) is 3.82. The number of alkyl halides is 1. The van der Waals surface area contributed by atoms with Crippen molar-refractivity contribution in [2.45, 2.75) is 6.42 Å². The maximum Gasteiger partial charge on any atom is 0.227 e. The van der Waals surface area contributed by atoms with Crippen molar-refractivity contribution in [1.82, 2.24) is 0 Å². The predicted octanol–water partition coefficient (Wildman–Crippen LogP) is 2.71. The molecule has 0 aliphatic carbocycles. The second kappa shape index (κ2) is 4.49. The lowest BCUT2D eigenvalue weighted by Crippen LogP contribution is -2.25. The Balaban J connectivity index is 2.28. The molecule has 1 aromatic rings. The van der Waals surface area contributed by atoms with E-state index in [-0.39, 0.29) is 17.5 Å². The van der Waals surface area contributed by atoms with E-state index in [0.29, 0.717) is 18.3 Å². The molecule has 0 bridgehead atoms. The van der Waals surface area contributed by atoms with Gasteiger partial charge in [-0.05, 0) is 18.1 Å². The molecular formula is C11H10BrF2NO. The van der Waals surface area contributed by atoms with Crippen LogP contribution < -0.4 is 4.90 Å². The van der Waals surface area contributed by atoms with Crippen LogP contribution in [0.2, 0.25) is 0 Å². The number of rotatable bonds is 2. The summed E-state index contributed by atoms with van der Waals surface area (Å²) in [5.74, 6) is -1.25. The van der Waals surface area contributed by atoms with Gasteiger partial charge in [0.2, 0.25) is 5.91 Å². The monoisotopic (exact) mass is 289 g/mol. The zero-order valence-electron chi connectivity index (χ0n) is 8.42. The summed E-state index contributed by atoms with van der Waals surface area (Å²) in [7, 11) is 0. The third-order valence-corrected chi connectivity index (χ3v) is 3.54. The lowest BCUT2D eigenvalue weighted by molar-refractivity contribution is -0.117. The molecule has 1 amide bonds. The number of carbonyl (C=O) groups excluding carboxylic acids is 1. The summed E-state index contributed by atoms with van der Waals surface area (Å²) in [6.07, 6.45) is 0.405. The van der Waals surface area contributed by atoms with Gasteiger partial charge in [-0.3, -0.25) is 4.79 Å². The van der Waals surface area contributed by atoms with Gasteiger partial charge < -0.3 is 4.90 Å². The van der Waals surface area contributed by atoms with Crippen LogP contribution in [0.25, 0.3) is 0 Å². The molecule has 0 N–H and O–H groups in total. The normalized spacial score (nSPS) is 20.6. The summed E-state index contributed by atoms with van der Waals surface area (Å²) in [5.41, 5.74) is 0.162. The summed E-state index contributed by atoms with van der Waals surface area (Å²) in [6.45, 7) is 0.479. The first kappa shape index (κ1) is 11.5. The molecule has 16 heavy (non-hydrogen) atoms. The molecule has 2 rings (SSSR count). The number of hydrogen-bond donors (Lipinski definition) is 0. The fourth-order valence-electron chi connectivity index (χ4n) is 1.82. The average molecular weight is 290 g/mol. The van der Waals surface area contributed by atoms with E-state index in [1.165, 1.54) is 11.0 Å². The van der Waals surface area contributed by atoms with Gasteiger partial charge in [-0.1, -0.05) is 15.9 Å². The molecule has 5 heteroatoms. The molecule has 2 nitrogen and oxygen atoms in total. The molecular weight excluding hydrogens is 280 g/mol. The third-order valence-electron chi connectivity index (χ3n) is 2.62. The van der Waals surface area contributed by atoms with Crippen molar-refractivity contribution < 1.29 is 13.6 Å². The van der Waals surface area contributed by atoms with Crippen LogP contribution in [0.4, 0.5) is 14.5 Å². The predicted molar refractivity (Wildman–Crippen MR) is 60.6 cm³/mol. The van der Waals surface area contributed by atoms with E-state index in [9.17, 15) is 13.6 Å². The SMILES string of the molecule is O=C1CC(CBr)CN1c1ccc(F)cc1F. The quantitative estimate of drug-likeness (QED) is 0.767. The first-order valence-electron chi connectivity index (χ1n) is 4.93. The summed E-state index contributed by atoms with van der Waals surface area (Å²) in [6, 6.07) is 3.26. The first-order chi connectivity index (χ1) is 7.61. The Hall–Kier alpha value is -0.970. The summed E-state index contributed by atoms with van der Waals surface area (Å²) in [4.78, 5) is 13.0. The molecule has 1 aliphatic rings. The highest BCUT2D eigenvalue weighted by Crippen LogP contribution is 2.28. The largest absolute Gasteiger partial charge is 0.309 e. The van der Waals surface area contributed by atoms with Crippen molar-refractivity contribution >= 4 is 27.5 Å². The van der Waals surface area contributed by atoms with Crippen LogP contribution >= 0.6 is 15.9 Å². The van der Waals surface area contributed by atoms with E-state index < -0.39 is 11.6 Å². The number of carbonyl (C=O) groups is 1. The molecule has 0 spiro atoms. The fourth-order valence-corrected chi connectivity index (χ4v) is 2.25. The lowest BCUT2D eigenvalue weighted by Gasteiger charge is -2.17. The fraction of sp³-hybridized carbons (Fsp3) is 0.364. The number of nitrogens with zero attached hydrogens (tertiary/aromatic N) is 1. The van der Waals surface area contributed by atoms with Crippen LogP contribution in [-0.4, -0.2) is 17.8 Å². The topological polar surface area (TPSA) is 20.3 Å². The van der Waals surface area contributed by atoms with Crippen LogP contribution in [0.5, 0.6) is 0 Å². The van der Waals surface area contributed by atoms with Gasteiger partial charge in [0, 0.05) is 24.4 Å². The Morgan fingerprint density at radius 3 is 2.75 bits per heavy atom. The van der Waals surface area contributed by atoms with Gasteiger partial charge in [0.15, 0.2) is 0 Å². The van der Waals surface area contributed by atoms with Crippen LogP contribution in [0.15, 0.2) is 18.2 Å². The van der Waals surface area contributed by atoms with Crippen molar-refractivity contribution in [1.29, 1.82) is 0 Å². The third kappa shape index (κ3) is 2.09. The number of halogens is 3. The molecule has 1 atom stereocenters. The highest BCUT2D eigenvalue weighted by Gasteiger charge is 2.31. The highest BCUT2D eigenvalue weighted by atomic mass is 79.9. The summed E-state index contributed by atoms with van der Waals surface area (Å²) < 4.78 is 26.2. The molecule has 0 saturated carbocycles. The standard InChI is InChI=1S/C11H10BrF2NO/c12-5-7-3-11(16)15(6-7)10-2-1-8(13)4-9(10)14/h1-2,4,7H,3,5-6H2. The van der Waals surface area contributed by atoms with Crippen LogP contribution in [0.3, 0.4) is 0 Å². The van der Waals surface area contributed by atoms with Gasteiger partial charge in [-0.2, -0.15) is 0 Å². The van der Waals surface area contributed by atoms with Crippen LogP contribution in [0, 0.1) is 17.6 Å². The van der Waals surface area contributed by atoms with Crippen molar-refractivity contribution in [3.63, 3.8) is 0 Å². The molecule has 1 heterocycles. The van der Waals surface area contributed by atoms with Gasteiger partial charge in [-0.15, -0.1) is 0 Å². The number of benzene rings is 1. The maximum absolute atomic E-state index is 13.5. The van der Waals surface area contributed by atoms with E-state index >= 15 is 0 Å². The molecule has 1 aliphatic heterocycles. The van der Waals surface area contributed by atoms with Crippen molar-refractivity contribution in [2.75, 3.05) is 16.8 Å². The van der Waals surface area contributed by atoms with E-state index in [0.717, 1.165) is 12.1 Å². The molecule has 1 aromatic carbocycles. The first-order valence-corrected chi connectivity index (χ1v) is 6.05. The minimum Gasteiger partial charge on any atom is -0.309 e.